The fourth-order valence-corrected chi connectivity index (χ4v) is 3.82. The van der Waals surface area contributed by atoms with Crippen LogP contribution in [0.4, 0.5) is 0 Å². The van der Waals surface area contributed by atoms with E-state index in [0.29, 0.717) is 22.3 Å². The molecule has 1 heterocycles. The molecule has 0 amide bonds. The number of hydrogen-bond donors (Lipinski definition) is 0. The molecule has 158 valence electrons. The van der Waals surface area contributed by atoms with E-state index in [0.717, 1.165) is 0 Å². The van der Waals surface area contributed by atoms with E-state index in [1.165, 1.54) is 0 Å². The molecule has 0 saturated heterocycles. The maximum Gasteiger partial charge on any atom is 0.204 e. The van der Waals surface area contributed by atoms with Crippen molar-refractivity contribution in [3.63, 3.8) is 0 Å². The largest absolute Gasteiger partial charge is 0.455 e. The monoisotopic (exact) mass is 430 g/mol. The van der Waals surface area contributed by atoms with Crippen LogP contribution < -0.4 is 5.43 Å². The number of carbonyl (C=O) groups excluding carboxylic acids is 2. The van der Waals surface area contributed by atoms with Gasteiger partial charge in [-0.3, -0.25) is 14.4 Å². The fraction of sp³-hybridized carbons (Fsp3) is 0. The van der Waals surface area contributed by atoms with Crippen molar-refractivity contribution in [2.45, 2.75) is 0 Å². The molecule has 1 aromatic heterocycles. The molecule has 0 aliphatic rings. The highest BCUT2D eigenvalue weighted by Gasteiger charge is 2.24. The highest BCUT2D eigenvalue weighted by atomic mass is 16.3. The summed E-state index contributed by atoms with van der Waals surface area (Å²) in [5.41, 5.74) is 1.75. The van der Waals surface area contributed by atoms with E-state index in [4.69, 9.17) is 4.42 Å². The molecule has 5 aromatic rings. The lowest BCUT2D eigenvalue weighted by atomic mass is 9.96. The number of rotatable bonds is 5. The molecule has 33 heavy (non-hydrogen) atoms. The van der Waals surface area contributed by atoms with Crippen LogP contribution in [-0.2, 0) is 0 Å². The Morgan fingerprint density at radius 1 is 0.576 bits per heavy atom. The van der Waals surface area contributed by atoms with Gasteiger partial charge < -0.3 is 4.42 Å². The molecule has 4 nitrogen and oxygen atoms in total. The fourth-order valence-electron chi connectivity index (χ4n) is 3.82. The Bertz CT molecular complexity index is 1530. The summed E-state index contributed by atoms with van der Waals surface area (Å²) in [6.07, 6.45) is 0. The van der Waals surface area contributed by atoms with Gasteiger partial charge in [-0.05, 0) is 12.1 Å². The van der Waals surface area contributed by atoms with Crippen LogP contribution in [0.15, 0.2) is 118 Å². The van der Waals surface area contributed by atoms with Crippen LogP contribution in [0.2, 0.25) is 0 Å². The zero-order valence-electron chi connectivity index (χ0n) is 17.5. The minimum atomic E-state index is -0.428. The van der Waals surface area contributed by atoms with Gasteiger partial charge in [0.2, 0.25) is 11.2 Å². The average molecular weight is 430 g/mol. The van der Waals surface area contributed by atoms with E-state index < -0.39 is 11.2 Å². The second-order valence-electron chi connectivity index (χ2n) is 7.60. The van der Waals surface area contributed by atoms with E-state index >= 15 is 0 Å². The number of carbonyl (C=O) groups is 2. The minimum Gasteiger partial charge on any atom is -0.455 e. The van der Waals surface area contributed by atoms with E-state index in [1.807, 2.05) is 30.3 Å². The Morgan fingerprint density at radius 2 is 1.12 bits per heavy atom. The molecule has 0 bridgehead atoms. The highest BCUT2D eigenvalue weighted by molar-refractivity contribution is 6.14. The first-order chi connectivity index (χ1) is 16.1. The Morgan fingerprint density at radius 3 is 1.73 bits per heavy atom. The van der Waals surface area contributed by atoms with Crippen LogP contribution in [0.25, 0.3) is 22.3 Å². The number of benzene rings is 4. The van der Waals surface area contributed by atoms with Crippen LogP contribution in [0.5, 0.6) is 0 Å². The molecule has 5 rings (SSSR count). The van der Waals surface area contributed by atoms with Crippen molar-refractivity contribution in [1.29, 1.82) is 0 Å². The van der Waals surface area contributed by atoms with Gasteiger partial charge in [-0.15, -0.1) is 0 Å². The van der Waals surface area contributed by atoms with Crippen molar-refractivity contribution in [3.8, 4) is 11.3 Å². The summed E-state index contributed by atoms with van der Waals surface area (Å²) >= 11 is 0. The van der Waals surface area contributed by atoms with Gasteiger partial charge >= 0.3 is 0 Å². The average Bonchev–Trinajstić information content (AvgIpc) is 2.89. The van der Waals surface area contributed by atoms with Gasteiger partial charge in [-0.25, -0.2) is 0 Å². The molecule has 4 aromatic carbocycles. The normalized spacial score (nSPS) is 10.8. The van der Waals surface area contributed by atoms with Crippen LogP contribution in [-0.4, -0.2) is 11.6 Å². The standard InChI is InChI=1S/C29H18O4/c30-26(19-10-4-1-5-11-19)22-16-17-23-24(18-22)33-29(21-14-8-3-9-15-21)25(28(23)32)27(31)20-12-6-2-7-13-20/h1-18H. The van der Waals surface area contributed by atoms with E-state index in [-0.39, 0.29) is 28.1 Å². The third-order valence-corrected chi connectivity index (χ3v) is 5.49. The van der Waals surface area contributed by atoms with Crippen LogP contribution >= 0.6 is 0 Å². The Hall–Kier alpha value is -4.57. The van der Waals surface area contributed by atoms with Crippen molar-refractivity contribution in [2.75, 3.05) is 0 Å². The number of fused-ring (bicyclic) bond motifs is 1. The first-order valence-corrected chi connectivity index (χ1v) is 10.5. The highest BCUT2D eigenvalue weighted by Crippen LogP contribution is 2.28. The molecule has 0 aliphatic carbocycles. The molecule has 0 saturated carbocycles. The molecule has 0 atom stereocenters. The lowest BCUT2D eigenvalue weighted by molar-refractivity contribution is 0.102. The third-order valence-electron chi connectivity index (χ3n) is 5.49. The Labute approximate surface area is 189 Å². The quantitative estimate of drug-likeness (QED) is 0.325. The minimum absolute atomic E-state index is 0.0259. The zero-order valence-corrected chi connectivity index (χ0v) is 17.5. The van der Waals surface area contributed by atoms with Crippen molar-refractivity contribution >= 4 is 22.5 Å². The van der Waals surface area contributed by atoms with Gasteiger partial charge in [0.1, 0.15) is 16.9 Å². The second kappa shape index (κ2) is 8.52. The molecular weight excluding hydrogens is 412 g/mol. The molecule has 0 spiro atoms. The van der Waals surface area contributed by atoms with E-state index in [9.17, 15) is 14.4 Å². The van der Waals surface area contributed by atoms with Gasteiger partial charge in [-0.1, -0.05) is 97.1 Å². The summed E-state index contributed by atoms with van der Waals surface area (Å²) < 4.78 is 6.16. The molecule has 0 aliphatic heterocycles. The van der Waals surface area contributed by atoms with Crippen molar-refractivity contribution in [1.82, 2.24) is 0 Å². The van der Waals surface area contributed by atoms with Crippen LogP contribution in [0, 0.1) is 0 Å². The van der Waals surface area contributed by atoms with Gasteiger partial charge in [0.15, 0.2) is 5.78 Å². The first-order valence-electron chi connectivity index (χ1n) is 10.5. The first kappa shape index (κ1) is 20.3. The molecular formula is C29H18O4. The van der Waals surface area contributed by atoms with Crippen molar-refractivity contribution < 1.29 is 14.0 Å². The summed E-state index contributed by atoms with van der Waals surface area (Å²) in [7, 11) is 0. The van der Waals surface area contributed by atoms with Gasteiger partial charge in [-0.2, -0.15) is 0 Å². The Balaban J connectivity index is 1.73. The number of ketones is 2. The molecule has 0 unspecified atom stereocenters. The second-order valence-corrected chi connectivity index (χ2v) is 7.60. The van der Waals surface area contributed by atoms with Crippen molar-refractivity contribution in [3.05, 3.63) is 142 Å². The molecule has 0 N–H and O–H groups in total. The number of hydrogen-bond acceptors (Lipinski definition) is 4. The summed E-state index contributed by atoms with van der Waals surface area (Å²) in [5, 5.41) is 0.249. The summed E-state index contributed by atoms with van der Waals surface area (Å²) in [6.45, 7) is 0. The predicted octanol–water partition coefficient (Wildman–Crippen LogP) is 5.92. The van der Waals surface area contributed by atoms with Crippen molar-refractivity contribution in [2.24, 2.45) is 0 Å². The Kier molecular flexibility index (Phi) is 5.25. The van der Waals surface area contributed by atoms with Gasteiger partial charge in [0.05, 0.1) is 5.39 Å². The lowest BCUT2D eigenvalue weighted by Crippen LogP contribution is -2.18. The van der Waals surface area contributed by atoms with Gasteiger partial charge in [0, 0.05) is 22.3 Å². The maximum absolute atomic E-state index is 13.5. The maximum atomic E-state index is 13.5. The third kappa shape index (κ3) is 3.79. The van der Waals surface area contributed by atoms with E-state index in [1.54, 1.807) is 78.9 Å². The lowest BCUT2D eigenvalue weighted by Gasteiger charge is -2.11. The van der Waals surface area contributed by atoms with E-state index in [2.05, 4.69) is 0 Å². The van der Waals surface area contributed by atoms with Gasteiger partial charge in [0.25, 0.3) is 0 Å². The summed E-state index contributed by atoms with van der Waals surface area (Å²) in [4.78, 5) is 39.8. The summed E-state index contributed by atoms with van der Waals surface area (Å²) in [5.74, 6) is -0.397. The van der Waals surface area contributed by atoms with Crippen LogP contribution in [0.1, 0.15) is 31.8 Å². The SMILES string of the molecule is O=C(c1ccccc1)c1ccc2c(=O)c(C(=O)c3ccccc3)c(-c3ccccc3)oc2c1. The summed E-state index contributed by atoms with van der Waals surface area (Å²) in [6, 6.07) is 31.3. The molecule has 0 radical (unpaired) electrons. The molecule has 4 heteroatoms. The zero-order chi connectivity index (χ0) is 22.8. The molecule has 0 fully saturated rings. The smallest absolute Gasteiger partial charge is 0.204 e. The predicted molar refractivity (Wildman–Crippen MR) is 128 cm³/mol. The van der Waals surface area contributed by atoms with Crippen LogP contribution in [0.3, 0.4) is 0 Å². The topological polar surface area (TPSA) is 64.3 Å².